The van der Waals surface area contributed by atoms with Crippen LogP contribution in [0.15, 0.2) is 0 Å². The van der Waals surface area contributed by atoms with E-state index in [0.717, 1.165) is 32.1 Å². The van der Waals surface area contributed by atoms with Crippen molar-refractivity contribution in [2.45, 2.75) is 57.9 Å². The average Bonchev–Trinajstić information content (AvgIpc) is 2.42. The van der Waals surface area contributed by atoms with Gasteiger partial charge in [0.25, 0.3) is 0 Å². The summed E-state index contributed by atoms with van der Waals surface area (Å²) in [4.78, 5) is 11.8. The van der Waals surface area contributed by atoms with E-state index in [1.54, 1.807) is 0 Å². The highest BCUT2D eigenvalue weighted by molar-refractivity contribution is 5.81. The molecule has 0 bridgehead atoms. The fourth-order valence-corrected chi connectivity index (χ4v) is 2.71. The van der Waals surface area contributed by atoms with Gasteiger partial charge < -0.3 is 16.2 Å². The van der Waals surface area contributed by atoms with Crippen molar-refractivity contribution in [1.29, 1.82) is 0 Å². The number of carbonyl (C=O) groups excluding carboxylic acids is 1. The number of carbonyl (C=O) groups is 1. The van der Waals surface area contributed by atoms with Crippen molar-refractivity contribution in [3.8, 4) is 0 Å². The third kappa shape index (κ3) is 4.94. The van der Waals surface area contributed by atoms with Crippen molar-refractivity contribution < 1.29 is 9.90 Å². The smallest absolute Gasteiger partial charge is 0.236 e. The minimum absolute atomic E-state index is 0.0364. The Bertz CT molecular complexity index is 246. The summed E-state index contributed by atoms with van der Waals surface area (Å²) in [7, 11) is 0. The molecule has 0 radical (unpaired) electrons. The molecule has 0 aromatic rings. The highest BCUT2D eigenvalue weighted by atomic mass is 16.3. The maximum absolute atomic E-state index is 11.8. The van der Waals surface area contributed by atoms with Crippen LogP contribution in [0.3, 0.4) is 0 Å². The van der Waals surface area contributed by atoms with Crippen LogP contribution >= 0.6 is 0 Å². The lowest BCUT2D eigenvalue weighted by atomic mass is 9.79. The number of aliphatic hydroxyl groups excluding tert-OH is 1. The number of nitrogens with one attached hydrogen (secondary N) is 1. The zero-order valence-corrected chi connectivity index (χ0v) is 11.5. The van der Waals surface area contributed by atoms with Crippen LogP contribution in [0.2, 0.25) is 0 Å². The van der Waals surface area contributed by atoms with Gasteiger partial charge in [0.1, 0.15) is 0 Å². The molecule has 18 heavy (non-hydrogen) atoms. The van der Waals surface area contributed by atoms with Gasteiger partial charge >= 0.3 is 0 Å². The van der Waals surface area contributed by atoms with E-state index in [1.165, 1.54) is 12.8 Å². The summed E-state index contributed by atoms with van der Waals surface area (Å²) in [6.07, 6.45) is 7.42. The van der Waals surface area contributed by atoms with E-state index in [1.807, 2.05) is 0 Å². The molecule has 4 heteroatoms. The second kappa shape index (κ2) is 8.48. The Morgan fingerprint density at radius 1 is 1.39 bits per heavy atom. The molecule has 4 nitrogen and oxygen atoms in total. The summed E-state index contributed by atoms with van der Waals surface area (Å²) in [5, 5.41) is 12.3. The first kappa shape index (κ1) is 15.4. The summed E-state index contributed by atoms with van der Waals surface area (Å²) >= 11 is 0. The largest absolute Gasteiger partial charge is 0.396 e. The highest BCUT2D eigenvalue weighted by Crippen LogP contribution is 2.29. The number of rotatable bonds is 7. The Morgan fingerprint density at radius 3 is 2.67 bits per heavy atom. The molecular weight excluding hydrogens is 228 g/mol. The number of hydrogen-bond donors (Lipinski definition) is 3. The molecule has 0 spiro atoms. The van der Waals surface area contributed by atoms with Crippen LogP contribution < -0.4 is 11.1 Å². The van der Waals surface area contributed by atoms with Gasteiger partial charge in [0.15, 0.2) is 0 Å². The molecule has 0 aromatic heterocycles. The second-order valence-corrected chi connectivity index (χ2v) is 5.48. The molecule has 0 heterocycles. The first-order chi connectivity index (χ1) is 8.69. The Hall–Kier alpha value is -0.610. The maximum Gasteiger partial charge on any atom is 0.236 e. The summed E-state index contributed by atoms with van der Waals surface area (Å²) in [6, 6.07) is -0.374. The molecule has 1 rings (SSSR count). The number of nitrogens with two attached hydrogens (primary N) is 1. The fraction of sp³-hybridized carbons (Fsp3) is 0.929. The first-order valence-electron chi connectivity index (χ1n) is 7.33. The number of hydrogen-bond acceptors (Lipinski definition) is 3. The summed E-state index contributed by atoms with van der Waals surface area (Å²) in [5.41, 5.74) is 5.82. The molecule has 0 aliphatic heterocycles. The summed E-state index contributed by atoms with van der Waals surface area (Å²) < 4.78 is 0. The monoisotopic (exact) mass is 256 g/mol. The SMILES string of the molecule is CCCCC(N)C(=O)NCC1CCCCC1CO. The zero-order valence-electron chi connectivity index (χ0n) is 11.5. The minimum Gasteiger partial charge on any atom is -0.396 e. The van der Waals surface area contributed by atoms with Crippen molar-refractivity contribution in [3.63, 3.8) is 0 Å². The van der Waals surface area contributed by atoms with Crippen LogP contribution in [0.1, 0.15) is 51.9 Å². The number of unbranched alkanes of at least 4 members (excludes halogenated alkanes) is 1. The van der Waals surface area contributed by atoms with Gasteiger partial charge in [-0.1, -0.05) is 32.6 Å². The Labute approximate surface area is 110 Å². The second-order valence-electron chi connectivity index (χ2n) is 5.48. The van der Waals surface area contributed by atoms with Crippen molar-refractivity contribution in [2.75, 3.05) is 13.2 Å². The van der Waals surface area contributed by atoms with Crippen LogP contribution in [0, 0.1) is 11.8 Å². The van der Waals surface area contributed by atoms with E-state index in [-0.39, 0.29) is 18.6 Å². The lowest BCUT2D eigenvalue weighted by Crippen LogP contribution is -2.44. The lowest BCUT2D eigenvalue weighted by molar-refractivity contribution is -0.122. The minimum atomic E-state index is -0.374. The van der Waals surface area contributed by atoms with E-state index in [4.69, 9.17) is 5.73 Å². The maximum atomic E-state index is 11.8. The van der Waals surface area contributed by atoms with E-state index in [9.17, 15) is 9.90 Å². The van der Waals surface area contributed by atoms with Gasteiger partial charge in [0.05, 0.1) is 6.04 Å². The molecule has 3 atom stereocenters. The van der Waals surface area contributed by atoms with Gasteiger partial charge in [-0.25, -0.2) is 0 Å². The van der Waals surface area contributed by atoms with Gasteiger partial charge in [0.2, 0.25) is 5.91 Å². The average molecular weight is 256 g/mol. The molecular formula is C14H28N2O2. The molecule has 1 amide bonds. The van der Waals surface area contributed by atoms with Crippen LogP contribution in [-0.2, 0) is 4.79 Å². The standard InChI is InChI=1S/C14H28N2O2/c1-2-3-8-13(15)14(18)16-9-11-6-4-5-7-12(11)10-17/h11-13,17H,2-10,15H2,1H3,(H,16,18). The Morgan fingerprint density at radius 2 is 2.06 bits per heavy atom. The van der Waals surface area contributed by atoms with Gasteiger partial charge in [-0.05, 0) is 31.1 Å². The van der Waals surface area contributed by atoms with Gasteiger partial charge in [-0.2, -0.15) is 0 Å². The molecule has 1 aliphatic rings. The van der Waals surface area contributed by atoms with Gasteiger partial charge in [-0.15, -0.1) is 0 Å². The van der Waals surface area contributed by atoms with Crippen LogP contribution in [0.25, 0.3) is 0 Å². The lowest BCUT2D eigenvalue weighted by Gasteiger charge is -2.30. The van der Waals surface area contributed by atoms with E-state index in [0.29, 0.717) is 18.4 Å². The van der Waals surface area contributed by atoms with E-state index in [2.05, 4.69) is 12.2 Å². The topological polar surface area (TPSA) is 75.4 Å². The van der Waals surface area contributed by atoms with Crippen LogP contribution in [0.5, 0.6) is 0 Å². The third-order valence-corrected chi connectivity index (χ3v) is 4.04. The normalized spacial score (nSPS) is 25.7. The molecule has 106 valence electrons. The van der Waals surface area contributed by atoms with E-state index < -0.39 is 0 Å². The summed E-state index contributed by atoms with van der Waals surface area (Å²) in [5.74, 6) is 0.739. The first-order valence-corrected chi connectivity index (χ1v) is 7.33. The van der Waals surface area contributed by atoms with Crippen molar-refractivity contribution >= 4 is 5.91 Å². The quantitative estimate of drug-likeness (QED) is 0.645. The predicted octanol–water partition coefficient (Wildman–Crippen LogP) is 1.42. The molecule has 4 N–H and O–H groups in total. The van der Waals surface area contributed by atoms with Crippen molar-refractivity contribution in [3.05, 3.63) is 0 Å². The fourth-order valence-electron chi connectivity index (χ4n) is 2.71. The number of amides is 1. The van der Waals surface area contributed by atoms with Crippen molar-refractivity contribution in [2.24, 2.45) is 17.6 Å². The van der Waals surface area contributed by atoms with Crippen LogP contribution in [-0.4, -0.2) is 30.2 Å². The van der Waals surface area contributed by atoms with Crippen molar-refractivity contribution in [1.82, 2.24) is 5.32 Å². The van der Waals surface area contributed by atoms with Gasteiger partial charge in [-0.3, -0.25) is 4.79 Å². The molecule has 1 saturated carbocycles. The zero-order chi connectivity index (χ0) is 13.4. The molecule has 3 unspecified atom stereocenters. The third-order valence-electron chi connectivity index (χ3n) is 4.04. The molecule has 0 aromatic carbocycles. The van der Waals surface area contributed by atoms with E-state index >= 15 is 0 Å². The molecule has 0 saturated heterocycles. The molecule has 1 fully saturated rings. The van der Waals surface area contributed by atoms with Crippen LogP contribution in [0.4, 0.5) is 0 Å². The predicted molar refractivity (Wildman–Crippen MR) is 73.0 cm³/mol. The highest BCUT2D eigenvalue weighted by Gasteiger charge is 2.25. The Kier molecular flexibility index (Phi) is 7.28. The molecule has 1 aliphatic carbocycles. The summed E-state index contributed by atoms with van der Waals surface area (Å²) in [6.45, 7) is 3.00. The number of aliphatic hydroxyl groups is 1. The Balaban J connectivity index is 2.27. The van der Waals surface area contributed by atoms with Gasteiger partial charge in [0, 0.05) is 13.2 Å².